The average Bonchev–Trinajstić information content (AvgIpc) is 3.09. The second kappa shape index (κ2) is 7.39. The maximum atomic E-state index is 12.3. The first-order valence-electron chi connectivity index (χ1n) is 8.60. The van der Waals surface area contributed by atoms with E-state index in [1.165, 1.54) is 6.92 Å². The summed E-state index contributed by atoms with van der Waals surface area (Å²) >= 11 is 0. The molecule has 0 radical (unpaired) electrons. The summed E-state index contributed by atoms with van der Waals surface area (Å²) in [7, 11) is 0. The van der Waals surface area contributed by atoms with Crippen molar-refractivity contribution in [2.75, 3.05) is 11.4 Å². The number of amides is 3. The highest BCUT2D eigenvalue weighted by molar-refractivity contribution is 6.00. The lowest BCUT2D eigenvalue weighted by atomic mass is 10.1. The SMILES string of the molecule is CCc1ccc(C(=O)NNC(=O)c2ccc3c(c2)CCN3C(C)=O)cc1. The Morgan fingerprint density at radius 2 is 1.58 bits per heavy atom. The summed E-state index contributed by atoms with van der Waals surface area (Å²) in [6, 6.07) is 12.4. The molecular weight excluding hydrogens is 330 g/mol. The Labute approximate surface area is 152 Å². The zero-order valence-corrected chi connectivity index (χ0v) is 14.8. The molecule has 1 aliphatic rings. The van der Waals surface area contributed by atoms with E-state index in [1.807, 2.05) is 19.1 Å². The fraction of sp³-hybridized carbons (Fsp3) is 0.250. The van der Waals surface area contributed by atoms with Crippen LogP contribution in [0.2, 0.25) is 0 Å². The Morgan fingerprint density at radius 1 is 0.962 bits per heavy atom. The van der Waals surface area contributed by atoms with E-state index in [4.69, 9.17) is 0 Å². The predicted molar refractivity (Wildman–Crippen MR) is 98.9 cm³/mol. The molecule has 6 heteroatoms. The minimum atomic E-state index is -0.396. The molecule has 0 saturated heterocycles. The lowest BCUT2D eigenvalue weighted by Gasteiger charge is -2.15. The van der Waals surface area contributed by atoms with E-state index in [1.54, 1.807) is 35.2 Å². The number of carbonyl (C=O) groups excluding carboxylic acids is 3. The van der Waals surface area contributed by atoms with E-state index in [0.717, 1.165) is 23.2 Å². The van der Waals surface area contributed by atoms with Crippen LogP contribution in [0.5, 0.6) is 0 Å². The summed E-state index contributed by atoms with van der Waals surface area (Å²) in [6.07, 6.45) is 1.62. The van der Waals surface area contributed by atoms with Gasteiger partial charge >= 0.3 is 0 Å². The minimum absolute atomic E-state index is 0.0118. The number of hydrazine groups is 1. The van der Waals surface area contributed by atoms with Crippen molar-refractivity contribution in [3.8, 4) is 0 Å². The molecule has 0 bridgehead atoms. The third-order valence-corrected chi connectivity index (χ3v) is 4.53. The van der Waals surface area contributed by atoms with Crippen molar-refractivity contribution in [1.29, 1.82) is 0 Å². The molecule has 1 heterocycles. The van der Waals surface area contributed by atoms with Gasteiger partial charge in [-0.25, -0.2) is 0 Å². The molecule has 0 atom stereocenters. The fourth-order valence-electron chi connectivity index (χ4n) is 3.02. The molecule has 26 heavy (non-hydrogen) atoms. The van der Waals surface area contributed by atoms with Gasteiger partial charge in [0.2, 0.25) is 5.91 Å². The second-order valence-electron chi connectivity index (χ2n) is 6.22. The van der Waals surface area contributed by atoms with E-state index in [2.05, 4.69) is 10.9 Å². The third kappa shape index (κ3) is 3.59. The topological polar surface area (TPSA) is 78.5 Å². The number of nitrogens with zero attached hydrogens (tertiary/aromatic N) is 1. The molecular formula is C20H21N3O3. The fourth-order valence-corrected chi connectivity index (χ4v) is 3.02. The molecule has 1 aliphatic heterocycles. The monoisotopic (exact) mass is 351 g/mol. The number of benzene rings is 2. The van der Waals surface area contributed by atoms with Crippen LogP contribution in [0.15, 0.2) is 42.5 Å². The van der Waals surface area contributed by atoms with Crippen molar-refractivity contribution in [2.24, 2.45) is 0 Å². The number of rotatable bonds is 3. The zero-order valence-electron chi connectivity index (χ0n) is 14.8. The van der Waals surface area contributed by atoms with Crippen LogP contribution in [0.3, 0.4) is 0 Å². The normalized spacial score (nSPS) is 12.5. The molecule has 0 aliphatic carbocycles. The third-order valence-electron chi connectivity index (χ3n) is 4.53. The zero-order chi connectivity index (χ0) is 18.7. The summed E-state index contributed by atoms with van der Waals surface area (Å²) < 4.78 is 0. The number of fused-ring (bicyclic) bond motifs is 1. The van der Waals surface area contributed by atoms with Gasteiger partial charge in [0, 0.05) is 30.3 Å². The van der Waals surface area contributed by atoms with E-state index in [-0.39, 0.29) is 11.8 Å². The van der Waals surface area contributed by atoms with Crippen LogP contribution in [-0.2, 0) is 17.6 Å². The van der Waals surface area contributed by atoms with Crippen molar-refractivity contribution >= 4 is 23.4 Å². The summed E-state index contributed by atoms with van der Waals surface area (Å²) in [4.78, 5) is 37.7. The molecule has 0 saturated carbocycles. The van der Waals surface area contributed by atoms with Gasteiger partial charge < -0.3 is 4.90 Å². The van der Waals surface area contributed by atoms with Crippen molar-refractivity contribution in [2.45, 2.75) is 26.7 Å². The maximum absolute atomic E-state index is 12.3. The molecule has 6 nitrogen and oxygen atoms in total. The van der Waals surface area contributed by atoms with Crippen LogP contribution < -0.4 is 15.8 Å². The highest BCUT2D eigenvalue weighted by Crippen LogP contribution is 2.28. The number of hydrogen-bond acceptors (Lipinski definition) is 3. The van der Waals surface area contributed by atoms with Crippen LogP contribution >= 0.6 is 0 Å². The molecule has 0 fully saturated rings. The van der Waals surface area contributed by atoms with Crippen molar-refractivity contribution < 1.29 is 14.4 Å². The van der Waals surface area contributed by atoms with Gasteiger partial charge in [-0.2, -0.15) is 0 Å². The summed E-state index contributed by atoms with van der Waals surface area (Å²) in [6.45, 7) is 4.19. The van der Waals surface area contributed by atoms with Gasteiger partial charge in [-0.3, -0.25) is 25.2 Å². The van der Waals surface area contributed by atoms with Crippen LogP contribution in [0.4, 0.5) is 5.69 Å². The summed E-state index contributed by atoms with van der Waals surface area (Å²) in [5.41, 5.74) is 8.72. The van der Waals surface area contributed by atoms with Gasteiger partial charge in [0.25, 0.3) is 11.8 Å². The molecule has 134 valence electrons. The predicted octanol–water partition coefficient (Wildman–Crippen LogP) is 2.23. The lowest BCUT2D eigenvalue weighted by Crippen LogP contribution is -2.41. The van der Waals surface area contributed by atoms with Gasteiger partial charge in [-0.15, -0.1) is 0 Å². The number of aryl methyl sites for hydroxylation is 1. The molecule has 2 N–H and O–H groups in total. The Hall–Kier alpha value is -3.15. The molecule has 0 aromatic heterocycles. The smallest absolute Gasteiger partial charge is 0.269 e. The summed E-state index contributed by atoms with van der Waals surface area (Å²) in [5, 5.41) is 0. The van der Waals surface area contributed by atoms with Gasteiger partial charge in [-0.1, -0.05) is 19.1 Å². The first-order chi connectivity index (χ1) is 12.5. The van der Waals surface area contributed by atoms with Crippen LogP contribution in [-0.4, -0.2) is 24.3 Å². The molecule has 2 aromatic carbocycles. The van der Waals surface area contributed by atoms with Gasteiger partial charge in [0.1, 0.15) is 0 Å². The lowest BCUT2D eigenvalue weighted by molar-refractivity contribution is -0.116. The number of hydrogen-bond donors (Lipinski definition) is 2. The second-order valence-corrected chi connectivity index (χ2v) is 6.22. The van der Waals surface area contributed by atoms with Gasteiger partial charge in [-0.05, 0) is 54.3 Å². The van der Waals surface area contributed by atoms with E-state index in [9.17, 15) is 14.4 Å². The Morgan fingerprint density at radius 3 is 2.19 bits per heavy atom. The first-order valence-corrected chi connectivity index (χ1v) is 8.60. The molecule has 2 aromatic rings. The molecule has 3 amide bonds. The highest BCUT2D eigenvalue weighted by Gasteiger charge is 2.23. The number of carbonyl (C=O) groups is 3. The summed E-state index contributed by atoms with van der Waals surface area (Å²) in [5.74, 6) is -0.778. The van der Waals surface area contributed by atoms with Crippen molar-refractivity contribution in [3.63, 3.8) is 0 Å². The van der Waals surface area contributed by atoms with Crippen LogP contribution in [0.25, 0.3) is 0 Å². The first kappa shape index (κ1) is 17.7. The average molecular weight is 351 g/mol. The van der Waals surface area contributed by atoms with Crippen molar-refractivity contribution in [1.82, 2.24) is 10.9 Å². The van der Waals surface area contributed by atoms with Crippen LogP contribution in [0, 0.1) is 0 Å². The molecule has 3 rings (SSSR count). The van der Waals surface area contributed by atoms with Crippen molar-refractivity contribution in [3.05, 3.63) is 64.7 Å². The molecule has 0 spiro atoms. The Kier molecular flexibility index (Phi) is 5.02. The number of anilines is 1. The standard InChI is InChI=1S/C20H21N3O3/c1-3-14-4-6-15(7-5-14)19(25)21-22-20(26)17-8-9-18-16(12-17)10-11-23(18)13(2)24/h4-9,12H,3,10-11H2,1-2H3,(H,21,25)(H,22,26). The Bertz CT molecular complexity index is 859. The van der Waals surface area contributed by atoms with Gasteiger partial charge in [0.05, 0.1) is 0 Å². The van der Waals surface area contributed by atoms with E-state index < -0.39 is 5.91 Å². The largest absolute Gasteiger partial charge is 0.312 e. The quantitative estimate of drug-likeness (QED) is 0.833. The van der Waals surface area contributed by atoms with E-state index >= 15 is 0 Å². The minimum Gasteiger partial charge on any atom is -0.312 e. The highest BCUT2D eigenvalue weighted by atomic mass is 16.2. The Balaban J connectivity index is 1.63. The van der Waals surface area contributed by atoms with E-state index in [0.29, 0.717) is 24.1 Å². The van der Waals surface area contributed by atoms with Crippen LogP contribution in [0.1, 0.15) is 45.7 Å². The van der Waals surface area contributed by atoms with Gasteiger partial charge in [0.15, 0.2) is 0 Å². The molecule has 0 unspecified atom stereocenters. The maximum Gasteiger partial charge on any atom is 0.269 e. The number of nitrogens with one attached hydrogen (secondary N) is 2.